The number of nitrogens with two attached hydrogens (primary N) is 1. The molecule has 0 amide bonds. The lowest BCUT2D eigenvalue weighted by atomic mass is 9.86. The average Bonchev–Trinajstić information content (AvgIpc) is 2.63. The molecule has 1 rings (SSSR count). The Morgan fingerprint density at radius 2 is 2.00 bits per heavy atom. The summed E-state index contributed by atoms with van der Waals surface area (Å²) in [4.78, 5) is 3.72. The monoisotopic (exact) mass is 318 g/mol. The summed E-state index contributed by atoms with van der Waals surface area (Å²) in [6.45, 7) is 9.74. The van der Waals surface area contributed by atoms with Gasteiger partial charge in [0.2, 0.25) is 0 Å². The fraction of sp³-hybridized carbons (Fsp3) is 0.692. The lowest BCUT2D eigenvalue weighted by Crippen LogP contribution is -2.43. The maximum atomic E-state index is 5.95. The number of thiophene rings is 1. The SMILES string of the molecule is CC(N(C)C(CN)c1ccc(Br)s1)C(C)(C)C. The van der Waals surface area contributed by atoms with Crippen LogP contribution in [-0.4, -0.2) is 24.5 Å². The van der Waals surface area contributed by atoms with Crippen LogP contribution in [0.3, 0.4) is 0 Å². The van der Waals surface area contributed by atoms with Gasteiger partial charge in [-0.2, -0.15) is 0 Å². The first-order valence-corrected chi connectivity index (χ1v) is 7.55. The normalized spacial score (nSPS) is 16.2. The lowest BCUT2D eigenvalue weighted by molar-refractivity contribution is 0.102. The highest BCUT2D eigenvalue weighted by Gasteiger charge is 2.29. The van der Waals surface area contributed by atoms with Gasteiger partial charge in [-0.3, -0.25) is 4.90 Å². The van der Waals surface area contributed by atoms with Crippen LogP contribution in [0.25, 0.3) is 0 Å². The van der Waals surface area contributed by atoms with Gasteiger partial charge < -0.3 is 5.73 Å². The van der Waals surface area contributed by atoms with E-state index in [4.69, 9.17) is 5.73 Å². The molecule has 1 aromatic rings. The highest BCUT2D eigenvalue weighted by atomic mass is 79.9. The van der Waals surface area contributed by atoms with Crippen LogP contribution in [-0.2, 0) is 0 Å². The van der Waals surface area contributed by atoms with Gasteiger partial charge in [0.05, 0.1) is 9.83 Å². The number of likely N-dealkylation sites (N-methyl/N-ethyl adjacent to an activating group) is 1. The molecule has 2 atom stereocenters. The van der Waals surface area contributed by atoms with Gasteiger partial charge in [-0.05, 0) is 47.4 Å². The van der Waals surface area contributed by atoms with Crippen LogP contribution >= 0.6 is 27.3 Å². The molecule has 0 aliphatic heterocycles. The van der Waals surface area contributed by atoms with Gasteiger partial charge in [0.25, 0.3) is 0 Å². The third kappa shape index (κ3) is 3.78. The van der Waals surface area contributed by atoms with Crippen LogP contribution in [0.4, 0.5) is 0 Å². The molecular formula is C13H23BrN2S. The van der Waals surface area contributed by atoms with Crippen molar-refractivity contribution in [1.29, 1.82) is 0 Å². The Morgan fingerprint density at radius 3 is 2.35 bits per heavy atom. The minimum atomic E-state index is 0.261. The van der Waals surface area contributed by atoms with E-state index in [1.165, 1.54) is 8.66 Å². The van der Waals surface area contributed by atoms with Gasteiger partial charge in [0, 0.05) is 17.5 Å². The van der Waals surface area contributed by atoms with Gasteiger partial charge >= 0.3 is 0 Å². The molecule has 0 saturated heterocycles. The van der Waals surface area contributed by atoms with Gasteiger partial charge in [0.15, 0.2) is 0 Å². The highest BCUT2D eigenvalue weighted by Crippen LogP contribution is 2.33. The van der Waals surface area contributed by atoms with Crippen molar-refractivity contribution < 1.29 is 0 Å². The molecule has 0 bridgehead atoms. The van der Waals surface area contributed by atoms with Crippen LogP contribution in [0.5, 0.6) is 0 Å². The van der Waals surface area contributed by atoms with E-state index < -0.39 is 0 Å². The zero-order valence-electron chi connectivity index (χ0n) is 11.3. The molecule has 2 nitrogen and oxygen atoms in total. The minimum absolute atomic E-state index is 0.261. The predicted molar refractivity (Wildman–Crippen MR) is 80.5 cm³/mol. The van der Waals surface area contributed by atoms with Gasteiger partial charge in [-0.25, -0.2) is 0 Å². The first-order chi connectivity index (χ1) is 7.77. The molecular weight excluding hydrogens is 296 g/mol. The van der Waals surface area contributed by atoms with Crippen molar-refractivity contribution in [3.63, 3.8) is 0 Å². The van der Waals surface area contributed by atoms with Crippen LogP contribution < -0.4 is 5.73 Å². The molecule has 0 saturated carbocycles. The third-order valence-corrected chi connectivity index (χ3v) is 5.23. The Labute approximate surface area is 117 Å². The second-order valence-corrected chi connectivity index (χ2v) is 8.10. The van der Waals surface area contributed by atoms with Gasteiger partial charge in [-0.1, -0.05) is 20.8 Å². The van der Waals surface area contributed by atoms with E-state index in [2.05, 4.69) is 67.7 Å². The second-order valence-electron chi connectivity index (χ2n) is 5.60. The molecule has 0 radical (unpaired) electrons. The Bertz CT molecular complexity index is 357. The van der Waals surface area contributed by atoms with E-state index >= 15 is 0 Å². The maximum Gasteiger partial charge on any atom is 0.0702 e. The Hall–Kier alpha value is 0.1000. The highest BCUT2D eigenvalue weighted by molar-refractivity contribution is 9.11. The summed E-state index contributed by atoms with van der Waals surface area (Å²) in [6, 6.07) is 5.05. The topological polar surface area (TPSA) is 29.3 Å². The maximum absolute atomic E-state index is 5.95. The van der Waals surface area contributed by atoms with Crippen molar-refractivity contribution in [3.8, 4) is 0 Å². The van der Waals surface area contributed by atoms with E-state index in [9.17, 15) is 0 Å². The Morgan fingerprint density at radius 1 is 1.41 bits per heavy atom. The molecule has 0 aliphatic carbocycles. The average molecular weight is 319 g/mol. The molecule has 0 aromatic carbocycles. The van der Waals surface area contributed by atoms with Crippen LogP contribution in [0.1, 0.15) is 38.6 Å². The lowest BCUT2D eigenvalue weighted by Gasteiger charge is -2.39. The van der Waals surface area contributed by atoms with Crippen molar-refractivity contribution in [2.75, 3.05) is 13.6 Å². The molecule has 4 heteroatoms. The molecule has 0 aliphatic rings. The van der Waals surface area contributed by atoms with Crippen molar-refractivity contribution >= 4 is 27.3 Å². The van der Waals surface area contributed by atoms with Gasteiger partial charge in [0.1, 0.15) is 0 Å². The summed E-state index contributed by atoms with van der Waals surface area (Å²) in [7, 11) is 2.17. The molecule has 17 heavy (non-hydrogen) atoms. The van der Waals surface area contributed by atoms with E-state index in [0.717, 1.165) is 0 Å². The number of hydrogen-bond donors (Lipinski definition) is 1. The van der Waals surface area contributed by atoms with E-state index in [-0.39, 0.29) is 5.41 Å². The summed E-state index contributed by atoms with van der Waals surface area (Å²) >= 11 is 5.29. The van der Waals surface area contributed by atoms with Gasteiger partial charge in [-0.15, -0.1) is 11.3 Å². The fourth-order valence-corrected chi connectivity index (χ4v) is 3.46. The smallest absolute Gasteiger partial charge is 0.0702 e. The Kier molecular flexibility index (Phi) is 5.20. The van der Waals surface area contributed by atoms with Crippen molar-refractivity contribution in [3.05, 3.63) is 20.8 Å². The zero-order chi connectivity index (χ0) is 13.2. The summed E-state index contributed by atoms with van der Waals surface area (Å²) in [5.74, 6) is 0. The first kappa shape index (κ1) is 15.2. The quantitative estimate of drug-likeness (QED) is 0.912. The zero-order valence-corrected chi connectivity index (χ0v) is 13.7. The minimum Gasteiger partial charge on any atom is -0.329 e. The molecule has 2 unspecified atom stereocenters. The largest absolute Gasteiger partial charge is 0.329 e. The second kappa shape index (κ2) is 5.83. The molecule has 1 aromatic heterocycles. The molecule has 1 heterocycles. The molecule has 0 spiro atoms. The van der Waals surface area contributed by atoms with Crippen LogP contribution in [0.15, 0.2) is 15.9 Å². The summed E-state index contributed by atoms with van der Waals surface area (Å²) < 4.78 is 1.17. The standard InChI is InChI=1S/C13H23BrN2S/c1-9(13(2,3)4)16(5)10(8-15)11-6-7-12(14)17-11/h6-7,9-10H,8,15H2,1-5H3. The van der Waals surface area contributed by atoms with Crippen LogP contribution in [0.2, 0.25) is 0 Å². The van der Waals surface area contributed by atoms with Crippen molar-refractivity contribution in [1.82, 2.24) is 4.90 Å². The molecule has 98 valence electrons. The van der Waals surface area contributed by atoms with E-state index in [1.54, 1.807) is 11.3 Å². The number of rotatable bonds is 4. The summed E-state index contributed by atoms with van der Waals surface area (Å²) in [5.41, 5.74) is 6.21. The third-order valence-electron chi connectivity index (χ3n) is 3.50. The van der Waals surface area contributed by atoms with E-state index in [0.29, 0.717) is 18.6 Å². The predicted octanol–water partition coefficient (Wildman–Crippen LogP) is 3.88. The van der Waals surface area contributed by atoms with E-state index in [1.807, 2.05) is 0 Å². The number of hydrogen-bond acceptors (Lipinski definition) is 3. The summed E-state index contributed by atoms with van der Waals surface area (Å²) in [6.07, 6.45) is 0. The fourth-order valence-electron chi connectivity index (χ4n) is 1.87. The Balaban J connectivity index is 2.88. The molecule has 0 fully saturated rings. The van der Waals surface area contributed by atoms with Crippen molar-refractivity contribution in [2.24, 2.45) is 11.1 Å². The van der Waals surface area contributed by atoms with Crippen molar-refractivity contribution in [2.45, 2.75) is 39.8 Å². The number of halogens is 1. The molecule has 2 N–H and O–H groups in total. The first-order valence-electron chi connectivity index (χ1n) is 5.94. The summed E-state index contributed by atoms with van der Waals surface area (Å²) in [5, 5.41) is 0. The number of nitrogens with zero attached hydrogens (tertiary/aromatic N) is 1. The van der Waals surface area contributed by atoms with Crippen LogP contribution in [0, 0.1) is 5.41 Å².